The number of rotatable bonds is 5. The van der Waals surface area contributed by atoms with E-state index in [1.165, 1.54) is 17.1 Å². The van der Waals surface area contributed by atoms with Crippen LogP contribution in [0.2, 0.25) is 0 Å². The second-order valence-corrected chi connectivity index (χ2v) is 4.43. The van der Waals surface area contributed by atoms with Gasteiger partial charge >= 0.3 is 5.97 Å². The summed E-state index contributed by atoms with van der Waals surface area (Å²) >= 11 is 0. The summed E-state index contributed by atoms with van der Waals surface area (Å²) in [5.41, 5.74) is 0.972. The van der Waals surface area contributed by atoms with Gasteiger partial charge in [0.15, 0.2) is 0 Å². The predicted octanol–water partition coefficient (Wildman–Crippen LogP) is -0.0266. The summed E-state index contributed by atoms with van der Waals surface area (Å²) in [6.07, 6.45) is 4.22. The smallest absolute Gasteiger partial charge is 0.338 e. The number of aromatic nitrogens is 4. The zero-order valence-electron chi connectivity index (χ0n) is 11.2. The van der Waals surface area contributed by atoms with E-state index in [1.54, 1.807) is 29.9 Å². The molecule has 0 saturated heterocycles. The van der Waals surface area contributed by atoms with E-state index in [4.69, 9.17) is 5.11 Å². The quantitative estimate of drug-likeness (QED) is 0.828. The summed E-state index contributed by atoms with van der Waals surface area (Å²) in [4.78, 5) is 24.3. The average Bonchev–Trinajstić information content (AvgIpc) is 2.99. The number of carbonyl (C=O) groups excluding carboxylic acids is 1. The molecule has 2 aromatic rings. The van der Waals surface area contributed by atoms with Gasteiger partial charge in [-0.2, -0.15) is 10.2 Å². The third-order valence-electron chi connectivity index (χ3n) is 2.92. The minimum Gasteiger partial charge on any atom is -0.478 e. The van der Waals surface area contributed by atoms with Gasteiger partial charge in [0.05, 0.1) is 24.0 Å². The van der Waals surface area contributed by atoms with Crippen LogP contribution in [-0.4, -0.2) is 48.5 Å². The van der Waals surface area contributed by atoms with Crippen LogP contribution in [0.3, 0.4) is 0 Å². The molecular formula is C12H15N5O3. The first-order valence-electron chi connectivity index (χ1n) is 5.94. The number of likely N-dealkylation sites (N-methyl/N-ethyl adjacent to an activating group) is 1. The highest BCUT2D eigenvalue weighted by Crippen LogP contribution is 2.03. The SMILES string of the molecule is CN(Cc1ccnn1C)C(=O)Cn1cc(C(=O)O)cn1. The van der Waals surface area contributed by atoms with Crippen LogP contribution in [0, 0.1) is 0 Å². The third-order valence-corrected chi connectivity index (χ3v) is 2.92. The van der Waals surface area contributed by atoms with Gasteiger partial charge in [0.2, 0.25) is 5.91 Å². The van der Waals surface area contributed by atoms with Gasteiger partial charge in [0, 0.05) is 26.5 Å². The van der Waals surface area contributed by atoms with E-state index < -0.39 is 5.97 Å². The van der Waals surface area contributed by atoms with Gasteiger partial charge in [0.1, 0.15) is 6.54 Å². The maximum absolute atomic E-state index is 12.0. The Morgan fingerprint density at radius 1 is 1.40 bits per heavy atom. The number of carboxylic acids is 1. The molecule has 0 atom stereocenters. The first kappa shape index (κ1) is 13.8. The molecule has 2 aromatic heterocycles. The van der Waals surface area contributed by atoms with Crippen LogP contribution < -0.4 is 0 Å². The van der Waals surface area contributed by atoms with Crippen LogP contribution in [0.5, 0.6) is 0 Å². The molecule has 0 saturated carbocycles. The van der Waals surface area contributed by atoms with E-state index in [1.807, 2.05) is 6.07 Å². The van der Waals surface area contributed by atoms with Crippen LogP contribution in [0.4, 0.5) is 0 Å². The maximum atomic E-state index is 12.0. The van der Waals surface area contributed by atoms with Crippen LogP contribution in [0.25, 0.3) is 0 Å². The average molecular weight is 277 g/mol. The molecule has 2 heterocycles. The summed E-state index contributed by atoms with van der Waals surface area (Å²) < 4.78 is 3.01. The number of nitrogens with zero attached hydrogens (tertiary/aromatic N) is 5. The van der Waals surface area contributed by atoms with Crippen molar-refractivity contribution in [3.63, 3.8) is 0 Å². The van der Waals surface area contributed by atoms with Crippen LogP contribution in [0.15, 0.2) is 24.7 Å². The lowest BCUT2D eigenvalue weighted by Crippen LogP contribution is -2.30. The van der Waals surface area contributed by atoms with Crippen molar-refractivity contribution in [3.8, 4) is 0 Å². The van der Waals surface area contributed by atoms with Gasteiger partial charge in [-0.05, 0) is 6.07 Å². The Bertz CT molecular complexity index is 631. The minimum atomic E-state index is -1.06. The lowest BCUT2D eigenvalue weighted by Gasteiger charge is -2.17. The highest BCUT2D eigenvalue weighted by molar-refractivity contribution is 5.87. The number of hydrogen-bond acceptors (Lipinski definition) is 4. The minimum absolute atomic E-state index is 0.00162. The van der Waals surface area contributed by atoms with Gasteiger partial charge in [-0.3, -0.25) is 14.2 Å². The Hall–Kier alpha value is -2.64. The molecule has 0 unspecified atom stereocenters. The number of carbonyl (C=O) groups is 2. The molecule has 0 spiro atoms. The van der Waals surface area contributed by atoms with Gasteiger partial charge < -0.3 is 10.0 Å². The molecule has 0 aromatic carbocycles. The molecule has 8 heteroatoms. The van der Waals surface area contributed by atoms with Crippen molar-refractivity contribution in [3.05, 3.63) is 35.9 Å². The summed E-state index contributed by atoms with van der Waals surface area (Å²) in [7, 11) is 3.48. The fraction of sp³-hybridized carbons (Fsp3) is 0.333. The van der Waals surface area contributed by atoms with Crippen molar-refractivity contribution in [2.45, 2.75) is 13.1 Å². The van der Waals surface area contributed by atoms with Crippen LogP contribution >= 0.6 is 0 Å². The van der Waals surface area contributed by atoms with Crippen molar-refractivity contribution in [2.75, 3.05) is 7.05 Å². The van der Waals surface area contributed by atoms with E-state index in [2.05, 4.69) is 10.2 Å². The predicted molar refractivity (Wildman–Crippen MR) is 68.9 cm³/mol. The standard InChI is InChI=1S/C12H15N5O3/c1-15(7-10-3-4-13-16(10)2)11(18)8-17-6-9(5-14-17)12(19)20/h3-6H,7-8H2,1-2H3,(H,19,20). The first-order valence-corrected chi connectivity index (χ1v) is 5.94. The summed E-state index contributed by atoms with van der Waals surface area (Å²) in [5.74, 6) is -1.22. The lowest BCUT2D eigenvalue weighted by molar-refractivity contribution is -0.131. The third kappa shape index (κ3) is 3.02. The highest BCUT2D eigenvalue weighted by atomic mass is 16.4. The Kier molecular flexibility index (Phi) is 3.83. The second kappa shape index (κ2) is 5.55. The van der Waals surface area contributed by atoms with Crippen LogP contribution in [0.1, 0.15) is 16.1 Å². The van der Waals surface area contributed by atoms with Crippen molar-refractivity contribution >= 4 is 11.9 Å². The highest BCUT2D eigenvalue weighted by Gasteiger charge is 2.13. The molecular weight excluding hydrogens is 262 g/mol. The molecule has 0 aliphatic rings. The van der Waals surface area contributed by atoms with Gasteiger partial charge in [-0.25, -0.2) is 4.79 Å². The summed E-state index contributed by atoms with van der Waals surface area (Å²) in [6, 6.07) is 1.83. The Labute approximate surface area is 115 Å². The Morgan fingerprint density at radius 2 is 2.15 bits per heavy atom. The van der Waals surface area contributed by atoms with Gasteiger partial charge in [-0.1, -0.05) is 0 Å². The molecule has 1 amide bonds. The topological polar surface area (TPSA) is 93.2 Å². The number of amides is 1. The maximum Gasteiger partial charge on any atom is 0.338 e. The Balaban J connectivity index is 1.97. The monoisotopic (exact) mass is 277 g/mol. The van der Waals surface area contributed by atoms with E-state index in [9.17, 15) is 9.59 Å². The number of aryl methyl sites for hydroxylation is 1. The summed E-state index contributed by atoms with van der Waals surface area (Å²) in [5, 5.41) is 16.7. The van der Waals surface area contributed by atoms with E-state index in [0.29, 0.717) is 6.54 Å². The van der Waals surface area contributed by atoms with Gasteiger partial charge in [0.25, 0.3) is 0 Å². The zero-order valence-corrected chi connectivity index (χ0v) is 11.2. The molecule has 0 aliphatic carbocycles. The molecule has 0 fully saturated rings. The molecule has 2 rings (SSSR count). The Morgan fingerprint density at radius 3 is 2.70 bits per heavy atom. The van der Waals surface area contributed by atoms with Crippen molar-refractivity contribution in [1.29, 1.82) is 0 Å². The molecule has 0 bridgehead atoms. The largest absolute Gasteiger partial charge is 0.478 e. The zero-order chi connectivity index (χ0) is 14.7. The van der Waals surface area contributed by atoms with Crippen LogP contribution in [-0.2, 0) is 24.9 Å². The first-order chi connectivity index (χ1) is 9.47. The number of carboxylic acid groups (broad SMARTS) is 1. The van der Waals surface area contributed by atoms with E-state index in [-0.39, 0.29) is 18.0 Å². The van der Waals surface area contributed by atoms with Gasteiger partial charge in [-0.15, -0.1) is 0 Å². The second-order valence-electron chi connectivity index (χ2n) is 4.43. The van der Waals surface area contributed by atoms with Crippen molar-refractivity contribution in [1.82, 2.24) is 24.5 Å². The number of hydrogen-bond donors (Lipinski definition) is 1. The molecule has 1 N–H and O–H groups in total. The molecule has 106 valence electrons. The molecule has 0 aliphatic heterocycles. The fourth-order valence-electron chi connectivity index (χ4n) is 1.71. The molecule has 8 nitrogen and oxygen atoms in total. The lowest BCUT2D eigenvalue weighted by atomic mass is 10.3. The van der Waals surface area contributed by atoms with E-state index >= 15 is 0 Å². The van der Waals surface area contributed by atoms with Crippen molar-refractivity contribution in [2.24, 2.45) is 7.05 Å². The summed E-state index contributed by atoms with van der Waals surface area (Å²) in [6.45, 7) is 0.435. The fourth-order valence-corrected chi connectivity index (χ4v) is 1.71. The molecule has 0 radical (unpaired) electrons. The number of aromatic carboxylic acids is 1. The van der Waals surface area contributed by atoms with Crippen molar-refractivity contribution < 1.29 is 14.7 Å². The van der Waals surface area contributed by atoms with E-state index in [0.717, 1.165) is 5.69 Å². The normalized spacial score (nSPS) is 10.5. The molecule has 20 heavy (non-hydrogen) atoms.